The molecule has 0 spiro atoms. The summed E-state index contributed by atoms with van der Waals surface area (Å²) < 4.78 is 10.4. The Balaban J connectivity index is 2.24. The van der Waals surface area contributed by atoms with E-state index in [1.807, 2.05) is 0 Å². The van der Waals surface area contributed by atoms with Crippen LogP contribution in [0.25, 0.3) is 0 Å². The zero-order valence-electron chi connectivity index (χ0n) is 14.4. The molecular weight excluding hydrogens is 344 g/mol. The van der Waals surface area contributed by atoms with Crippen LogP contribution in [-0.4, -0.2) is 47.6 Å². The van der Waals surface area contributed by atoms with Crippen molar-refractivity contribution in [2.45, 2.75) is 44.9 Å². The Labute approximate surface area is 149 Å². The number of anilines is 1. The molecule has 1 aliphatic rings. The summed E-state index contributed by atoms with van der Waals surface area (Å²) in [5, 5.41) is 14.8. The molecule has 0 aromatic heterocycles. The summed E-state index contributed by atoms with van der Waals surface area (Å²) in [6, 6.07) is 2.93. The summed E-state index contributed by atoms with van der Waals surface area (Å²) in [6.45, 7) is 3.10. The van der Waals surface area contributed by atoms with E-state index in [-0.39, 0.29) is 17.7 Å². The average Bonchev–Trinajstić information content (AvgIpc) is 2.62. The number of nitrogens with one attached hydrogen (secondary N) is 2. The van der Waals surface area contributed by atoms with Crippen molar-refractivity contribution >= 4 is 29.9 Å². The van der Waals surface area contributed by atoms with Crippen LogP contribution in [0.5, 0.6) is 5.75 Å². The van der Waals surface area contributed by atoms with Gasteiger partial charge in [0.1, 0.15) is 6.10 Å². The fourth-order valence-corrected chi connectivity index (χ4v) is 2.48. The van der Waals surface area contributed by atoms with Gasteiger partial charge < -0.3 is 25.2 Å². The van der Waals surface area contributed by atoms with E-state index in [1.54, 1.807) is 6.92 Å². The first-order chi connectivity index (χ1) is 12.3. The molecule has 9 nitrogen and oxygen atoms in total. The van der Waals surface area contributed by atoms with E-state index in [1.165, 1.54) is 25.1 Å². The highest BCUT2D eigenvalue weighted by molar-refractivity contribution is 6.01. The largest absolute Gasteiger partial charge is 0.505 e. The van der Waals surface area contributed by atoms with Crippen molar-refractivity contribution in [1.82, 2.24) is 5.32 Å². The second kappa shape index (κ2) is 8.32. The predicted octanol–water partition coefficient (Wildman–Crippen LogP) is 0.716. The maximum Gasteiger partial charge on any atom is 0.332 e. The smallest absolute Gasteiger partial charge is 0.332 e. The number of carbonyl (C=O) groups is 4. The number of amides is 2. The van der Waals surface area contributed by atoms with Crippen LogP contribution in [-0.2, 0) is 23.9 Å². The average molecular weight is 364 g/mol. The Morgan fingerprint density at radius 3 is 2.69 bits per heavy atom. The van der Waals surface area contributed by atoms with Gasteiger partial charge in [0.05, 0.1) is 17.4 Å². The third kappa shape index (κ3) is 4.50. The van der Waals surface area contributed by atoms with Crippen molar-refractivity contribution in [3.8, 4) is 5.75 Å². The maximum absolute atomic E-state index is 12.5. The van der Waals surface area contributed by atoms with E-state index in [2.05, 4.69) is 10.6 Å². The topological polar surface area (TPSA) is 131 Å². The Kier molecular flexibility index (Phi) is 6.16. The number of para-hydroxylation sites is 1. The zero-order valence-corrected chi connectivity index (χ0v) is 14.4. The molecule has 26 heavy (non-hydrogen) atoms. The third-order valence-corrected chi connectivity index (χ3v) is 3.89. The van der Waals surface area contributed by atoms with Crippen LogP contribution in [0.3, 0.4) is 0 Å². The quantitative estimate of drug-likeness (QED) is 0.407. The number of benzene rings is 1. The third-order valence-electron chi connectivity index (χ3n) is 3.89. The number of aromatic hydroxyl groups is 1. The van der Waals surface area contributed by atoms with Gasteiger partial charge in [-0.25, -0.2) is 4.79 Å². The number of ether oxygens (including phenoxy) is 2. The first-order valence-corrected chi connectivity index (χ1v) is 8.06. The van der Waals surface area contributed by atoms with Crippen molar-refractivity contribution in [3.05, 3.63) is 23.8 Å². The Morgan fingerprint density at radius 1 is 1.27 bits per heavy atom. The van der Waals surface area contributed by atoms with Crippen molar-refractivity contribution < 1.29 is 33.8 Å². The van der Waals surface area contributed by atoms with E-state index in [0.717, 1.165) is 0 Å². The maximum atomic E-state index is 12.5. The lowest BCUT2D eigenvalue weighted by Crippen LogP contribution is -2.50. The number of carbonyl (C=O) groups excluding carboxylic acids is 4. The fraction of sp³-hybridized carbons (Fsp3) is 0.412. The monoisotopic (exact) mass is 364 g/mol. The minimum Gasteiger partial charge on any atom is -0.505 e. The normalized spacial score (nSPS) is 23.5. The van der Waals surface area contributed by atoms with E-state index in [4.69, 9.17) is 9.47 Å². The summed E-state index contributed by atoms with van der Waals surface area (Å²) in [6.07, 6.45) is -0.691. The molecule has 2 amide bonds. The summed E-state index contributed by atoms with van der Waals surface area (Å²) in [4.78, 5) is 47.1. The molecule has 3 N–H and O–H groups in total. The summed E-state index contributed by atoms with van der Waals surface area (Å²) in [5.41, 5.74) is -0.117. The molecular formula is C17H20N2O7. The van der Waals surface area contributed by atoms with Crippen LogP contribution in [0.4, 0.5) is 5.69 Å². The van der Waals surface area contributed by atoms with E-state index in [9.17, 15) is 24.3 Å². The van der Waals surface area contributed by atoms with Gasteiger partial charge in [0.25, 0.3) is 5.91 Å². The molecule has 1 aromatic carbocycles. The lowest BCUT2D eigenvalue weighted by atomic mass is 10.1. The van der Waals surface area contributed by atoms with Gasteiger partial charge in [-0.3, -0.25) is 14.4 Å². The van der Waals surface area contributed by atoms with Crippen molar-refractivity contribution in [2.24, 2.45) is 0 Å². The lowest BCUT2D eigenvalue weighted by Gasteiger charge is -2.23. The van der Waals surface area contributed by atoms with Gasteiger partial charge in [-0.2, -0.15) is 0 Å². The lowest BCUT2D eigenvalue weighted by molar-refractivity contribution is -0.156. The number of hydrogen-bond acceptors (Lipinski definition) is 7. The molecule has 1 fully saturated rings. The summed E-state index contributed by atoms with van der Waals surface area (Å²) >= 11 is 0. The van der Waals surface area contributed by atoms with Gasteiger partial charge in [0, 0.05) is 6.42 Å². The van der Waals surface area contributed by atoms with Gasteiger partial charge in [0.15, 0.2) is 11.8 Å². The van der Waals surface area contributed by atoms with E-state index < -0.39 is 41.8 Å². The Morgan fingerprint density at radius 2 is 2.00 bits per heavy atom. The molecule has 1 saturated heterocycles. The number of rotatable bonds is 4. The molecule has 1 aromatic rings. The zero-order chi connectivity index (χ0) is 19.3. The molecule has 2 rings (SSSR count). The molecule has 140 valence electrons. The van der Waals surface area contributed by atoms with E-state index in [0.29, 0.717) is 12.8 Å². The molecule has 1 aliphatic heterocycles. The van der Waals surface area contributed by atoms with Crippen LogP contribution in [0.15, 0.2) is 18.2 Å². The molecule has 1 heterocycles. The van der Waals surface area contributed by atoms with Gasteiger partial charge in [0.2, 0.25) is 6.41 Å². The standard InChI is InChI=1S/C17H20N2O7/c1-9-6-7-13(21)26-10(2)14(17(24)25-9)19-16(23)11-4-3-5-12(15(11)22)18-8-20/h3-5,8-10,14,22H,6-7H2,1-2H3,(H,18,20)(H,19,23). The summed E-state index contributed by atoms with van der Waals surface area (Å²) in [5.74, 6) is -2.48. The minimum absolute atomic E-state index is 0.0396. The predicted molar refractivity (Wildman–Crippen MR) is 89.4 cm³/mol. The van der Waals surface area contributed by atoms with Crippen LogP contribution in [0.1, 0.15) is 37.0 Å². The number of phenolic OH excluding ortho intramolecular Hbond substituents is 1. The summed E-state index contributed by atoms with van der Waals surface area (Å²) in [7, 11) is 0. The number of hydrogen-bond donors (Lipinski definition) is 3. The van der Waals surface area contributed by atoms with Gasteiger partial charge in [-0.15, -0.1) is 0 Å². The number of esters is 2. The first kappa shape index (κ1) is 19.2. The van der Waals surface area contributed by atoms with E-state index >= 15 is 0 Å². The second-order valence-corrected chi connectivity index (χ2v) is 5.90. The van der Waals surface area contributed by atoms with Gasteiger partial charge in [-0.1, -0.05) is 6.07 Å². The minimum atomic E-state index is -1.24. The van der Waals surface area contributed by atoms with Crippen LogP contribution >= 0.6 is 0 Å². The van der Waals surface area contributed by atoms with Crippen LogP contribution in [0, 0.1) is 0 Å². The SMILES string of the molecule is CC1CCC(=O)OC(C)C(NC(=O)c2cccc(NC=O)c2O)C(=O)O1. The fourth-order valence-electron chi connectivity index (χ4n) is 2.48. The highest BCUT2D eigenvalue weighted by Crippen LogP contribution is 2.27. The van der Waals surface area contributed by atoms with Crippen molar-refractivity contribution in [2.75, 3.05) is 5.32 Å². The molecule has 3 unspecified atom stereocenters. The number of cyclic esters (lactones) is 2. The Bertz CT molecular complexity index is 719. The molecule has 9 heteroatoms. The first-order valence-electron chi connectivity index (χ1n) is 8.06. The Hall–Kier alpha value is -3.10. The van der Waals surface area contributed by atoms with Crippen LogP contribution < -0.4 is 10.6 Å². The highest BCUT2D eigenvalue weighted by atomic mass is 16.6. The van der Waals surface area contributed by atoms with Crippen molar-refractivity contribution in [3.63, 3.8) is 0 Å². The van der Waals surface area contributed by atoms with Crippen molar-refractivity contribution in [1.29, 1.82) is 0 Å². The number of phenols is 1. The van der Waals surface area contributed by atoms with Gasteiger partial charge >= 0.3 is 11.9 Å². The molecule has 3 atom stereocenters. The molecule has 0 aliphatic carbocycles. The molecule has 0 saturated carbocycles. The van der Waals surface area contributed by atoms with Gasteiger partial charge in [-0.05, 0) is 32.4 Å². The highest BCUT2D eigenvalue weighted by Gasteiger charge is 2.34. The second-order valence-electron chi connectivity index (χ2n) is 5.90. The molecule has 0 radical (unpaired) electrons. The van der Waals surface area contributed by atoms with Crippen LogP contribution in [0.2, 0.25) is 0 Å². The molecule has 0 bridgehead atoms.